The highest BCUT2D eigenvalue weighted by molar-refractivity contribution is 9.11. The number of nitro benzene ring substituents is 1. The van der Waals surface area contributed by atoms with E-state index < -0.39 is 23.4 Å². The quantitative estimate of drug-likeness (QED) is 0.286. The zero-order valence-electron chi connectivity index (χ0n) is 13.4. The minimum absolute atomic E-state index is 0.150. The lowest BCUT2D eigenvalue weighted by atomic mass is 10.1. The Balaban J connectivity index is 2.04. The number of anilines is 2. The summed E-state index contributed by atoms with van der Waals surface area (Å²) in [5, 5.41) is 13.3. The molecule has 2 rings (SSSR count). The lowest BCUT2D eigenvalue weighted by Crippen LogP contribution is -2.22. The number of carbonyl (C=O) groups excluding carboxylic acids is 2. The van der Waals surface area contributed by atoms with E-state index in [4.69, 9.17) is 10.5 Å². The summed E-state index contributed by atoms with van der Waals surface area (Å²) in [6, 6.07) is 7.42. The number of nitrogens with two attached hydrogens (primary N) is 1. The first-order chi connectivity index (χ1) is 12.2. The molecule has 0 unspecified atom stereocenters. The van der Waals surface area contributed by atoms with Gasteiger partial charge in [0.2, 0.25) is 0 Å². The van der Waals surface area contributed by atoms with E-state index in [1.807, 2.05) is 0 Å². The Morgan fingerprint density at radius 2 is 1.88 bits per heavy atom. The van der Waals surface area contributed by atoms with Crippen LogP contribution in [-0.4, -0.2) is 23.4 Å². The van der Waals surface area contributed by atoms with Crippen LogP contribution in [0.1, 0.15) is 15.9 Å². The van der Waals surface area contributed by atoms with Crippen molar-refractivity contribution >= 4 is 60.8 Å². The highest BCUT2D eigenvalue weighted by atomic mass is 79.9. The lowest BCUT2D eigenvalue weighted by molar-refractivity contribution is -0.385. The van der Waals surface area contributed by atoms with E-state index in [9.17, 15) is 19.7 Å². The number of amides is 1. The van der Waals surface area contributed by atoms with Crippen LogP contribution in [0.2, 0.25) is 0 Å². The van der Waals surface area contributed by atoms with Crippen LogP contribution in [0.15, 0.2) is 39.3 Å². The van der Waals surface area contributed by atoms with Gasteiger partial charge in [-0.15, -0.1) is 0 Å². The van der Waals surface area contributed by atoms with Crippen molar-refractivity contribution in [3.63, 3.8) is 0 Å². The van der Waals surface area contributed by atoms with Gasteiger partial charge in [-0.05, 0) is 50.4 Å². The van der Waals surface area contributed by atoms with Crippen LogP contribution in [-0.2, 0) is 9.53 Å². The number of hydrogen-bond acceptors (Lipinski definition) is 6. The molecule has 0 radical (unpaired) electrons. The van der Waals surface area contributed by atoms with E-state index in [2.05, 4.69) is 37.2 Å². The molecule has 0 atom stereocenters. The first kappa shape index (κ1) is 19.9. The summed E-state index contributed by atoms with van der Waals surface area (Å²) >= 11 is 6.31. The van der Waals surface area contributed by atoms with Gasteiger partial charge in [0.1, 0.15) is 0 Å². The Labute approximate surface area is 165 Å². The topological polar surface area (TPSA) is 125 Å². The number of para-hydroxylation sites is 1. The second kappa shape index (κ2) is 8.28. The predicted octanol–water partition coefficient (Wildman–Crippen LogP) is 3.81. The maximum Gasteiger partial charge on any atom is 0.340 e. The number of nitrogens with one attached hydrogen (secondary N) is 1. The molecule has 0 saturated heterocycles. The average molecular weight is 487 g/mol. The third kappa shape index (κ3) is 4.58. The van der Waals surface area contributed by atoms with Crippen molar-refractivity contribution in [2.45, 2.75) is 6.92 Å². The van der Waals surface area contributed by atoms with E-state index in [0.717, 1.165) is 5.56 Å². The molecule has 2 aromatic carbocycles. The fraction of sp³-hybridized carbons (Fsp3) is 0.125. The van der Waals surface area contributed by atoms with Crippen molar-refractivity contribution in [1.29, 1.82) is 0 Å². The van der Waals surface area contributed by atoms with Gasteiger partial charge >= 0.3 is 5.97 Å². The van der Waals surface area contributed by atoms with Crippen molar-refractivity contribution in [3.05, 3.63) is 60.5 Å². The molecule has 0 aliphatic heterocycles. The molecular formula is C16H13Br2N3O5. The molecule has 0 aliphatic rings. The number of esters is 1. The van der Waals surface area contributed by atoms with Gasteiger partial charge in [0, 0.05) is 26.8 Å². The molecule has 1 amide bonds. The summed E-state index contributed by atoms with van der Waals surface area (Å²) in [4.78, 5) is 34.3. The number of carbonyl (C=O) groups is 2. The molecule has 0 heterocycles. The van der Waals surface area contributed by atoms with Crippen LogP contribution < -0.4 is 11.1 Å². The van der Waals surface area contributed by atoms with Gasteiger partial charge in [0.05, 0.1) is 16.2 Å². The first-order valence-electron chi connectivity index (χ1n) is 7.16. The Hall–Kier alpha value is -2.46. The minimum atomic E-state index is -0.719. The molecule has 2 aromatic rings. The Morgan fingerprint density at radius 1 is 1.27 bits per heavy atom. The molecule has 0 saturated carbocycles. The summed E-state index contributed by atoms with van der Waals surface area (Å²) in [5.41, 5.74) is 7.15. The van der Waals surface area contributed by atoms with Gasteiger partial charge < -0.3 is 15.8 Å². The van der Waals surface area contributed by atoms with Crippen molar-refractivity contribution in [2.24, 2.45) is 0 Å². The smallest absolute Gasteiger partial charge is 0.340 e. The fourth-order valence-corrected chi connectivity index (χ4v) is 3.39. The van der Waals surface area contributed by atoms with E-state index in [1.165, 1.54) is 18.2 Å². The van der Waals surface area contributed by atoms with Crippen LogP contribution in [0.5, 0.6) is 0 Å². The van der Waals surface area contributed by atoms with Crippen LogP contribution in [0, 0.1) is 17.0 Å². The average Bonchev–Trinajstić information content (AvgIpc) is 2.58. The number of benzene rings is 2. The van der Waals surface area contributed by atoms with E-state index in [-0.39, 0.29) is 16.9 Å². The van der Waals surface area contributed by atoms with Gasteiger partial charge in [0.25, 0.3) is 11.6 Å². The fourth-order valence-electron chi connectivity index (χ4n) is 2.03. The standard InChI is InChI=1S/C16H13Br2N3O5/c1-8-3-2-4-10(14(8)19)16(23)26-7-13(22)20-15-11(17)5-9(21(24)25)6-12(15)18/h2-6H,7,19H2,1H3,(H,20,22). The highest BCUT2D eigenvalue weighted by Crippen LogP contribution is 2.35. The SMILES string of the molecule is Cc1cccc(C(=O)OCC(=O)Nc2c(Br)cc([N+](=O)[O-])cc2Br)c1N. The molecule has 3 N–H and O–H groups in total. The van der Waals surface area contributed by atoms with E-state index in [1.54, 1.807) is 19.1 Å². The van der Waals surface area contributed by atoms with Crippen molar-refractivity contribution in [3.8, 4) is 0 Å². The first-order valence-corrected chi connectivity index (χ1v) is 8.74. The number of hydrogen-bond donors (Lipinski definition) is 2. The molecule has 0 bridgehead atoms. The normalized spacial score (nSPS) is 10.3. The molecule has 136 valence electrons. The summed E-state index contributed by atoms with van der Waals surface area (Å²) in [5.74, 6) is -1.33. The molecule has 26 heavy (non-hydrogen) atoms. The van der Waals surface area contributed by atoms with Crippen LogP contribution >= 0.6 is 31.9 Å². The van der Waals surface area contributed by atoms with Crippen LogP contribution in [0.3, 0.4) is 0 Å². The van der Waals surface area contributed by atoms with Crippen molar-refractivity contribution in [2.75, 3.05) is 17.7 Å². The third-order valence-electron chi connectivity index (χ3n) is 3.38. The van der Waals surface area contributed by atoms with Gasteiger partial charge in [-0.25, -0.2) is 4.79 Å². The molecular weight excluding hydrogens is 474 g/mol. The molecule has 10 heteroatoms. The molecule has 8 nitrogen and oxygen atoms in total. The molecule has 0 aliphatic carbocycles. The molecule has 0 spiro atoms. The second-order valence-electron chi connectivity index (χ2n) is 5.20. The van der Waals surface area contributed by atoms with Crippen molar-refractivity contribution < 1.29 is 19.2 Å². The number of nitro groups is 1. The number of aryl methyl sites for hydroxylation is 1. The maximum atomic E-state index is 12.1. The third-order valence-corrected chi connectivity index (χ3v) is 4.63. The van der Waals surface area contributed by atoms with E-state index in [0.29, 0.717) is 14.6 Å². The van der Waals surface area contributed by atoms with Gasteiger partial charge in [-0.1, -0.05) is 12.1 Å². The summed E-state index contributed by atoms with van der Waals surface area (Å²) in [6.07, 6.45) is 0. The highest BCUT2D eigenvalue weighted by Gasteiger charge is 2.18. The number of nitrogen functional groups attached to an aromatic ring is 1. The largest absolute Gasteiger partial charge is 0.452 e. The van der Waals surface area contributed by atoms with Crippen LogP contribution in [0.4, 0.5) is 17.1 Å². The zero-order chi connectivity index (χ0) is 19.4. The lowest BCUT2D eigenvalue weighted by Gasteiger charge is -2.11. The van der Waals surface area contributed by atoms with E-state index >= 15 is 0 Å². The predicted molar refractivity (Wildman–Crippen MR) is 103 cm³/mol. The van der Waals surface area contributed by atoms with Gasteiger partial charge in [-0.2, -0.15) is 0 Å². The number of nitrogens with zero attached hydrogens (tertiary/aromatic N) is 1. The summed E-state index contributed by atoms with van der Waals surface area (Å²) < 4.78 is 5.58. The van der Waals surface area contributed by atoms with Gasteiger partial charge in [0.15, 0.2) is 6.61 Å². The number of rotatable bonds is 5. The number of halogens is 2. The van der Waals surface area contributed by atoms with Crippen molar-refractivity contribution in [1.82, 2.24) is 0 Å². The molecule has 0 aromatic heterocycles. The number of non-ortho nitro benzene ring substituents is 1. The van der Waals surface area contributed by atoms with Gasteiger partial charge in [-0.3, -0.25) is 14.9 Å². The maximum absolute atomic E-state index is 12.1. The zero-order valence-corrected chi connectivity index (χ0v) is 16.6. The summed E-state index contributed by atoms with van der Waals surface area (Å²) in [6.45, 7) is 1.21. The molecule has 0 fully saturated rings. The second-order valence-corrected chi connectivity index (χ2v) is 6.91. The monoisotopic (exact) mass is 485 g/mol. The Morgan fingerprint density at radius 3 is 2.46 bits per heavy atom. The number of ether oxygens (including phenoxy) is 1. The minimum Gasteiger partial charge on any atom is -0.452 e. The Bertz CT molecular complexity index is 878. The summed E-state index contributed by atoms with van der Waals surface area (Å²) in [7, 11) is 0. The van der Waals surface area contributed by atoms with Crippen LogP contribution in [0.25, 0.3) is 0 Å². The Kier molecular flexibility index (Phi) is 6.32.